The minimum absolute atomic E-state index is 0.286. The van der Waals surface area contributed by atoms with Crippen LogP contribution in [-0.4, -0.2) is 34.0 Å². The van der Waals surface area contributed by atoms with E-state index in [-0.39, 0.29) is 5.91 Å². The van der Waals surface area contributed by atoms with Gasteiger partial charge in [-0.25, -0.2) is 4.79 Å². The van der Waals surface area contributed by atoms with Crippen molar-refractivity contribution in [3.8, 4) is 0 Å². The standard InChI is InChI=1S/C9H15NO3S/c1-6(11)10-8(9(12)13)5-14-7-3-2-4-7/h7-8H,2-5H2,1H3,(H,10,11)(H,12,13)/t8-/m0/s1. The topological polar surface area (TPSA) is 66.4 Å². The van der Waals surface area contributed by atoms with E-state index >= 15 is 0 Å². The Morgan fingerprint density at radius 1 is 1.57 bits per heavy atom. The zero-order valence-electron chi connectivity index (χ0n) is 8.16. The molecule has 1 amide bonds. The summed E-state index contributed by atoms with van der Waals surface area (Å²) < 4.78 is 0. The summed E-state index contributed by atoms with van der Waals surface area (Å²) in [6, 6.07) is -0.738. The Balaban J connectivity index is 2.26. The van der Waals surface area contributed by atoms with Gasteiger partial charge in [0.25, 0.3) is 0 Å². The number of carboxylic acids is 1. The molecule has 0 radical (unpaired) electrons. The van der Waals surface area contributed by atoms with Crippen LogP contribution < -0.4 is 5.32 Å². The molecular weight excluding hydrogens is 202 g/mol. The van der Waals surface area contributed by atoms with E-state index in [2.05, 4.69) is 5.32 Å². The van der Waals surface area contributed by atoms with Crippen LogP contribution in [0.1, 0.15) is 26.2 Å². The molecule has 2 N–H and O–H groups in total. The van der Waals surface area contributed by atoms with Crippen molar-refractivity contribution in [2.45, 2.75) is 37.5 Å². The van der Waals surface area contributed by atoms with Crippen LogP contribution in [-0.2, 0) is 9.59 Å². The first-order valence-corrected chi connectivity index (χ1v) is 5.76. The predicted octanol–water partition coefficient (Wildman–Crippen LogP) is 0.861. The van der Waals surface area contributed by atoms with Crippen LogP contribution in [0.15, 0.2) is 0 Å². The predicted molar refractivity (Wildman–Crippen MR) is 55.3 cm³/mol. The first-order valence-electron chi connectivity index (χ1n) is 4.71. The highest BCUT2D eigenvalue weighted by Gasteiger charge is 2.23. The highest BCUT2D eigenvalue weighted by molar-refractivity contribution is 8.00. The van der Waals surface area contributed by atoms with E-state index in [1.165, 1.54) is 26.2 Å². The van der Waals surface area contributed by atoms with E-state index in [9.17, 15) is 9.59 Å². The van der Waals surface area contributed by atoms with Crippen LogP contribution in [0.5, 0.6) is 0 Å². The van der Waals surface area contributed by atoms with E-state index in [4.69, 9.17) is 5.11 Å². The second-order valence-corrected chi connectivity index (χ2v) is 4.81. The number of rotatable bonds is 5. The van der Waals surface area contributed by atoms with Crippen molar-refractivity contribution in [2.75, 3.05) is 5.75 Å². The Morgan fingerprint density at radius 3 is 2.57 bits per heavy atom. The van der Waals surface area contributed by atoms with E-state index in [0.717, 1.165) is 0 Å². The van der Waals surface area contributed by atoms with Gasteiger partial charge >= 0.3 is 5.97 Å². The van der Waals surface area contributed by atoms with Gasteiger partial charge in [0.05, 0.1) is 0 Å². The maximum Gasteiger partial charge on any atom is 0.327 e. The van der Waals surface area contributed by atoms with E-state index < -0.39 is 12.0 Å². The summed E-state index contributed by atoms with van der Waals surface area (Å²) >= 11 is 1.65. The van der Waals surface area contributed by atoms with Crippen molar-refractivity contribution in [3.05, 3.63) is 0 Å². The molecule has 1 atom stereocenters. The molecule has 0 heterocycles. The molecule has 14 heavy (non-hydrogen) atoms. The number of carboxylic acid groups (broad SMARTS) is 1. The minimum atomic E-state index is -0.952. The van der Waals surface area contributed by atoms with Gasteiger partial charge in [0.15, 0.2) is 0 Å². The summed E-state index contributed by atoms with van der Waals surface area (Å²) in [5.74, 6) is -0.766. The molecule has 1 fully saturated rings. The molecule has 0 aromatic heterocycles. The Morgan fingerprint density at radius 2 is 2.21 bits per heavy atom. The molecule has 1 rings (SSSR count). The number of carbonyl (C=O) groups is 2. The lowest BCUT2D eigenvalue weighted by molar-refractivity contribution is -0.140. The summed E-state index contributed by atoms with van der Waals surface area (Å²) in [7, 11) is 0. The van der Waals surface area contributed by atoms with Gasteiger partial charge in [-0.2, -0.15) is 11.8 Å². The third-order valence-corrected chi connectivity index (χ3v) is 3.69. The summed E-state index contributed by atoms with van der Waals surface area (Å²) in [4.78, 5) is 21.4. The Labute approximate surface area is 87.4 Å². The maximum atomic E-state index is 10.7. The number of hydrogen-bond acceptors (Lipinski definition) is 3. The fourth-order valence-corrected chi connectivity index (χ4v) is 2.55. The quantitative estimate of drug-likeness (QED) is 0.717. The smallest absolute Gasteiger partial charge is 0.327 e. The average Bonchev–Trinajstić information content (AvgIpc) is 1.98. The molecule has 0 saturated heterocycles. The van der Waals surface area contributed by atoms with Crippen molar-refractivity contribution in [1.29, 1.82) is 0 Å². The van der Waals surface area contributed by atoms with Crippen LogP contribution in [0.3, 0.4) is 0 Å². The number of hydrogen-bond donors (Lipinski definition) is 2. The zero-order chi connectivity index (χ0) is 10.6. The van der Waals surface area contributed by atoms with E-state index in [1.54, 1.807) is 11.8 Å². The van der Waals surface area contributed by atoms with Gasteiger partial charge in [-0.1, -0.05) is 6.42 Å². The lowest BCUT2D eigenvalue weighted by Crippen LogP contribution is -2.42. The molecule has 80 valence electrons. The molecule has 0 aromatic rings. The number of aliphatic carboxylic acids is 1. The van der Waals surface area contributed by atoms with Gasteiger partial charge in [-0.05, 0) is 12.8 Å². The van der Waals surface area contributed by atoms with Crippen LogP contribution in [0.4, 0.5) is 0 Å². The van der Waals surface area contributed by atoms with Gasteiger partial charge in [-0.3, -0.25) is 4.79 Å². The van der Waals surface area contributed by atoms with Crippen molar-refractivity contribution in [3.63, 3.8) is 0 Å². The summed E-state index contributed by atoms with van der Waals surface area (Å²) in [5, 5.41) is 11.8. The molecule has 0 bridgehead atoms. The molecule has 0 aromatic carbocycles. The highest BCUT2D eigenvalue weighted by Crippen LogP contribution is 2.31. The fraction of sp³-hybridized carbons (Fsp3) is 0.778. The van der Waals surface area contributed by atoms with Gasteiger partial charge < -0.3 is 10.4 Å². The van der Waals surface area contributed by atoms with Crippen LogP contribution in [0, 0.1) is 0 Å². The first kappa shape index (κ1) is 11.4. The van der Waals surface area contributed by atoms with Gasteiger partial charge in [-0.15, -0.1) is 0 Å². The zero-order valence-corrected chi connectivity index (χ0v) is 8.97. The number of carbonyl (C=O) groups excluding carboxylic acids is 1. The second-order valence-electron chi connectivity index (χ2n) is 3.48. The number of nitrogens with one attached hydrogen (secondary N) is 1. The molecule has 1 aliphatic carbocycles. The van der Waals surface area contributed by atoms with Crippen molar-refractivity contribution in [1.82, 2.24) is 5.32 Å². The van der Waals surface area contributed by atoms with E-state index in [0.29, 0.717) is 11.0 Å². The highest BCUT2D eigenvalue weighted by atomic mass is 32.2. The van der Waals surface area contributed by atoms with Gasteiger partial charge in [0.2, 0.25) is 5.91 Å². The van der Waals surface area contributed by atoms with Crippen LogP contribution in [0.25, 0.3) is 0 Å². The monoisotopic (exact) mass is 217 g/mol. The molecule has 1 saturated carbocycles. The Kier molecular flexibility index (Phi) is 4.25. The maximum absolute atomic E-state index is 10.7. The second kappa shape index (κ2) is 5.24. The third-order valence-electron chi connectivity index (χ3n) is 2.23. The third kappa shape index (κ3) is 3.57. The first-order chi connectivity index (χ1) is 6.59. The number of thioether (sulfide) groups is 1. The largest absolute Gasteiger partial charge is 0.480 e. The minimum Gasteiger partial charge on any atom is -0.480 e. The molecule has 0 spiro atoms. The lowest BCUT2D eigenvalue weighted by Gasteiger charge is -2.26. The Bertz CT molecular complexity index is 228. The summed E-state index contributed by atoms with van der Waals surface area (Å²) in [5.41, 5.74) is 0. The normalized spacial score (nSPS) is 18.4. The van der Waals surface area contributed by atoms with Gasteiger partial charge in [0, 0.05) is 17.9 Å². The van der Waals surface area contributed by atoms with Crippen molar-refractivity contribution < 1.29 is 14.7 Å². The van der Waals surface area contributed by atoms with Crippen molar-refractivity contribution >= 4 is 23.6 Å². The van der Waals surface area contributed by atoms with Crippen LogP contribution >= 0.6 is 11.8 Å². The molecular formula is C9H15NO3S. The van der Waals surface area contributed by atoms with Crippen LogP contribution in [0.2, 0.25) is 0 Å². The summed E-state index contributed by atoms with van der Waals surface area (Å²) in [6.07, 6.45) is 3.60. The molecule has 0 aliphatic heterocycles. The lowest BCUT2D eigenvalue weighted by atomic mass is 10.0. The molecule has 1 aliphatic rings. The number of amides is 1. The molecule has 5 heteroatoms. The average molecular weight is 217 g/mol. The Hall–Kier alpha value is -0.710. The van der Waals surface area contributed by atoms with Gasteiger partial charge in [0.1, 0.15) is 6.04 Å². The molecule has 4 nitrogen and oxygen atoms in total. The molecule has 0 unspecified atom stereocenters. The summed E-state index contributed by atoms with van der Waals surface area (Å²) in [6.45, 7) is 1.34. The SMILES string of the molecule is CC(=O)N[C@@H](CSC1CCC1)C(=O)O. The fourth-order valence-electron chi connectivity index (χ4n) is 1.19. The van der Waals surface area contributed by atoms with E-state index in [1.807, 2.05) is 0 Å². The van der Waals surface area contributed by atoms with Crippen molar-refractivity contribution in [2.24, 2.45) is 0 Å².